The molecule has 0 saturated heterocycles. The molecule has 0 aromatic carbocycles. The standard InChI is InChI=1S/C10H8BrN5O/c1-16-7(11)5(10-13-2-3-17-10)6-8(12)14-4-15-9(6)16/h2-4H,1H3,(H2,12,14,15). The largest absolute Gasteiger partial charge is 0.444 e. The Morgan fingerprint density at radius 1 is 1.35 bits per heavy atom. The highest BCUT2D eigenvalue weighted by Crippen LogP contribution is 2.37. The average molecular weight is 294 g/mol. The number of hydrogen-bond acceptors (Lipinski definition) is 5. The van der Waals surface area contributed by atoms with Crippen LogP contribution in [-0.4, -0.2) is 19.5 Å². The van der Waals surface area contributed by atoms with Crippen molar-refractivity contribution in [2.75, 3.05) is 5.73 Å². The number of hydrogen-bond donors (Lipinski definition) is 1. The molecule has 3 aromatic heterocycles. The fourth-order valence-corrected chi connectivity index (χ4v) is 2.33. The number of nitrogens with two attached hydrogens (primary N) is 1. The lowest BCUT2D eigenvalue weighted by molar-refractivity contribution is 0.574. The van der Waals surface area contributed by atoms with Crippen molar-refractivity contribution in [3.05, 3.63) is 23.4 Å². The molecular weight excluding hydrogens is 286 g/mol. The summed E-state index contributed by atoms with van der Waals surface area (Å²) in [6.45, 7) is 0. The molecule has 0 amide bonds. The molecule has 0 unspecified atom stereocenters. The van der Waals surface area contributed by atoms with Crippen LogP contribution in [0.2, 0.25) is 0 Å². The second-order valence-corrected chi connectivity index (χ2v) is 4.27. The Hall–Kier alpha value is -1.89. The van der Waals surface area contributed by atoms with Crippen LogP contribution in [0, 0.1) is 0 Å². The average Bonchev–Trinajstić information content (AvgIpc) is 2.90. The van der Waals surface area contributed by atoms with Gasteiger partial charge in [-0.05, 0) is 15.9 Å². The molecule has 0 spiro atoms. The number of anilines is 1. The molecule has 3 rings (SSSR count). The minimum absolute atomic E-state index is 0.407. The molecule has 0 aliphatic rings. The minimum Gasteiger partial charge on any atom is -0.444 e. The van der Waals surface area contributed by atoms with Gasteiger partial charge in [0.2, 0.25) is 5.89 Å². The van der Waals surface area contributed by atoms with Crippen molar-refractivity contribution in [1.82, 2.24) is 19.5 Å². The van der Waals surface area contributed by atoms with Crippen molar-refractivity contribution >= 4 is 32.8 Å². The molecule has 2 N–H and O–H groups in total. The fraction of sp³-hybridized carbons (Fsp3) is 0.100. The van der Waals surface area contributed by atoms with Gasteiger partial charge < -0.3 is 14.7 Å². The van der Waals surface area contributed by atoms with Crippen LogP contribution in [0.25, 0.3) is 22.5 Å². The first kappa shape index (κ1) is 10.3. The first-order valence-electron chi connectivity index (χ1n) is 4.84. The summed E-state index contributed by atoms with van der Waals surface area (Å²) in [5.41, 5.74) is 7.39. The zero-order valence-corrected chi connectivity index (χ0v) is 10.5. The van der Waals surface area contributed by atoms with Gasteiger partial charge in [-0.1, -0.05) is 0 Å². The number of aryl methyl sites for hydroxylation is 1. The van der Waals surface area contributed by atoms with Gasteiger partial charge in [-0.3, -0.25) is 0 Å². The van der Waals surface area contributed by atoms with E-state index in [0.29, 0.717) is 11.7 Å². The number of nitrogen functional groups attached to an aromatic ring is 1. The quantitative estimate of drug-likeness (QED) is 0.742. The van der Waals surface area contributed by atoms with Crippen LogP contribution >= 0.6 is 15.9 Å². The summed E-state index contributed by atoms with van der Waals surface area (Å²) < 4.78 is 7.99. The maximum atomic E-state index is 5.89. The third kappa shape index (κ3) is 1.35. The lowest BCUT2D eigenvalue weighted by atomic mass is 10.2. The van der Waals surface area contributed by atoms with Crippen molar-refractivity contribution in [1.29, 1.82) is 0 Å². The molecule has 0 saturated carbocycles. The van der Waals surface area contributed by atoms with Crippen molar-refractivity contribution in [2.45, 2.75) is 0 Å². The highest BCUT2D eigenvalue weighted by molar-refractivity contribution is 9.10. The maximum absolute atomic E-state index is 5.89. The molecule has 0 aliphatic carbocycles. The zero-order chi connectivity index (χ0) is 12.0. The Balaban J connectivity index is 2.49. The summed E-state index contributed by atoms with van der Waals surface area (Å²) in [7, 11) is 1.88. The van der Waals surface area contributed by atoms with E-state index >= 15 is 0 Å². The Labute approximate surface area is 105 Å². The molecule has 3 aromatic rings. The van der Waals surface area contributed by atoms with E-state index in [4.69, 9.17) is 10.2 Å². The first-order chi connectivity index (χ1) is 8.20. The number of rotatable bonds is 1. The topological polar surface area (TPSA) is 82.8 Å². The number of aromatic nitrogens is 4. The first-order valence-corrected chi connectivity index (χ1v) is 5.63. The smallest absolute Gasteiger partial charge is 0.229 e. The Kier molecular flexibility index (Phi) is 2.15. The second-order valence-electron chi connectivity index (χ2n) is 3.52. The van der Waals surface area contributed by atoms with E-state index in [2.05, 4.69) is 30.9 Å². The summed E-state index contributed by atoms with van der Waals surface area (Å²) in [5, 5.41) is 0.740. The summed E-state index contributed by atoms with van der Waals surface area (Å²) in [4.78, 5) is 12.3. The third-order valence-electron chi connectivity index (χ3n) is 2.57. The van der Waals surface area contributed by atoms with Crippen LogP contribution in [0.5, 0.6) is 0 Å². The Bertz CT molecular complexity index is 688. The number of nitrogens with zero attached hydrogens (tertiary/aromatic N) is 4. The van der Waals surface area contributed by atoms with E-state index in [1.54, 1.807) is 6.20 Å². The molecule has 0 bridgehead atoms. The van der Waals surface area contributed by atoms with Crippen molar-refractivity contribution < 1.29 is 4.42 Å². The molecule has 86 valence electrons. The number of fused-ring (bicyclic) bond motifs is 1. The second kappa shape index (κ2) is 3.56. The minimum atomic E-state index is 0.407. The van der Waals surface area contributed by atoms with Gasteiger partial charge in [0.25, 0.3) is 0 Å². The van der Waals surface area contributed by atoms with Gasteiger partial charge >= 0.3 is 0 Å². The molecule has 0 atom stereocenters. The zero-order valence-electron chi connectivity index (χ0n) is 8.88. The van der Waals surface area contributed by atoms with Gasteiger partial charge in [0.1, 0.15) is 24.1 Å². The molecule has 0 aliphatic heterocycles. The summed E-state index contributed by atoms with van der Waals surface area (Å²) in [5.74, 6) is 0.897. The van der Waals surface area contributed by atoms with E-state index in [1.807, 2.05) is 11.6 Å². The van der Waals surface area contributed by atoms with Crippen LogP contribution < -0.4 is 5.73 Å². The lowest BCUT2D eigenvalue weighted by Gasteiger charge is -1.96. The van der Waals surface area contributed by atoms with Crippen molar-refractivity contribution in [3.8, 4) is 11.5 Å². The fourth-order valence-electron chi connectivity index (χ4n) is 1.79. The van der Waals surface area contributed by atoms with Crippen LogP contribution in [0.1, 0.15) is 0 Å². The number of halogens is 1. The van der Waals surface area contributed by atoms with E-state index in [9.17, 15) is 0 Å². The molecule has 17 heavy (non-hydrogen) atoms. The predicted molar refractivity (Wildman–Crippen MR) is 66.1 cm³/mol. The Morgan fingerprint density at radius 3 is 2.88 bits per heavy atom. The van der Waals surface area contributed by atoms with Crippen LogP contribution in [0.15, 0.2) is 27.8 Å². The molecule has 3 heterocycles. The van der Waals surface area contributed by atoms with E-state index in [0.717, 1.165) is 21.2 Å². The molecule has 0 fully saturated rings. The third-order valence-corrected chi connectivity index (χ3v) is 3.50. The lowest BCUT2D eigenvalue weighted by Crippen LogP contribution is -1.94. The van der Waals surface area contributed by atoms with Gasteiger partial charge in [0, 0.05) is 7.05 Å². The molecule has 6 nitrogen and oxygen atoms in total. The van der Waals surface area contributed by atoms with Crippen LogP contribution in [0.3, 0.4) is 0 Å². The molecular formula is C10H8BrN5O. The monoisotopic (exact) mass is 293 g/mol. The number of oxazole rings is 1. The van der Waals surface area contributed by atoms with E-state index in [1.165, 1.54) is 12.6 Å². The van der Waals surface area contributed by atoms with Gasteiger partial charge in [-0.2, -0.15) is 0 Å². The highest BCUT2D eigenvalue weighted by atomic mass is 79.9. The SMILES string of the molecule is Cn1c(Br)c(-c2ncco2)c2c(N)ncnc21. The van der Waals surface area contributed by atoms with Crippen molar-refractivity contribution in [3.63, 3.8) is 0 Å². The molecule has 0 radical (unpaired) electrons. The van der Waals surface area contributed by atoms with Gasteiger partial charge in [-0.25, -0.2) is 15.0 Å². The molecule has 7 heteroatoms. The van der Waals surface area contributed by atoms with Gasteiger partial charge in [-0.15, -0.1) is 0 Å². The van der Waals surface area contributed by atoms with Crippen LogP contribution in [-0.2, 0) is 7.05 Å². The van der Waals surface area contributed by atoms with E-state index in [-0.39, 0.29) is 0 Å². The van der Waals surface area contributed by atoms with Crippen molar-refractivity contribution in [2.24, 2.45) is 7.05 Å². The highest BCUT2D eigenvalue weighted by Gasteiger charge is 2.21. The maximum Gasteiger partial charge on any atom is 0.229 e. The van der Waals surface area contributed by atoms with Crippen LogP contribution in [0.4, 0.5) is 5.82 Å². The predicted octanol–water partition coefficient (Wildman–Crippen LogP) is 1.97. The summed E-state index contributed by atoms with van der Waals surface area (Å²) in [6, 6.07) is 0. The normalized spacial score (nSPS) is 11.2. The Morgan fingerprint density at radius 2 is 2.18 bits per heavy atom. The summed E-state index contributed by atoms with van der Waals surface area (Å²) >= 11 is 3.49. The van der Waals surface area contributed by atoms with Gasteiger partial charge in [0.15, 0.2) is 0 Å². The summed E-state index contributed by atoms with van der Waals surface area (Å²) in [6.07, 6.45) is 4.53. The van der Waals surface area contributed by atoms with Gasteiger partial charge in [0.05, 0.1) is 21.7 Å². The van der Waals surface area contributed by atoms with E-state index < -0.39 is 0 Å².